The highest BCUT2D eigenvalue weighted by atomic mass is 16.1. The van der Waals surface area contributed by atoms with E-state index in [0.29, 0.717) is 0 Å². The van der Waals surface area contributed by atoms with Gasteiger partial charge in [0.1, 0.15) is 0 Å². The fraction of sp³-hybridized carbons (Fsp3) is 0.357. The number of benzene rings is 1. The predicted molar refractivity (Wildman–Crippen MR) is 73.0 cm³/mol. The number of hydrogen-bond acceptors (Lipinski definition) is 2. The van der Waals surface area contributed by atoms with Crippen LogP contribution < -0.4 is 11.4 Å². The van der Waals surface area contributed by atoms with E-state index in [1.807, 2.05) is 51.2 Å². The third-order valence-corrected chi connectivity index (χ3v) is 3.03. The van der Waals surface area contributed by atoms with Gasteiger partial charge < -0.3 is 5.73 Å². The second kappa shape index (κ2) is 4.82. The molecule has 0 amide bonds. The Labute approximate surface area is 107 Å². The molecule has 0 aliphatic rings. The molecule has 1 heterocycles. The van der Waals surface area contributed by atoms with E-state index in [4.69, 9.17) is 5.73 Å². The molecule has 2 rings (SSSR count). The summed E-state index contributed by atoms with van der Waals surface area (Å²) in [6, 6.07) is 7.89. The second-order valence-electron chi connectivity index (χ2n) is 4.84. The Hall–Kier alpha value is -1.81. The largest absolute Gasteiger partial charge is 0.332 e. The van der Waals surface area contributed by atoms with Gasteiger partial charge in [0.2, 0.25) is 0 Å². The summed E-state index contributed by atoms with van der Waals surface area (Å²) >= 11 is 0. The van der Waals surface area contributed by atoms with Crippen LogP contribution >= 0.6 is 0 Å². The van der Waals surface area contributed by atoms with E-state index in [-0.39, 0.29) is 17.8 Å². The normalized spacial score (nSPS) is 12.9. The van der Waals surface area contributed by atoms with Gasteiger partial charge in [0.15, 0.2) is 0 Å². The van der Waals surface area contributed by atoms with Crippen LogP contribution in [0.3, 0.4) is 0 Å². The van der Waals surface area contributed by atoms with Gasteiger partial charge in [0.05, 0.1) is 5.69 Å². The Balaban J connectivity index is 2.49. The third-order valence-electron chi connectivity index (χ3n) is 3.03. The number of nitrogens with zero attached hydrogens (tertiary/aromatic N) is 2. The maximum absolute atomic E-state index is 12.2. The van der Waals surface area contributed by atoms with Crippen molar-refractivity contribution < 1.29 is 0 Å². The molecule has 2 aromatic rings. The summed E-state index contributed by atoms with van der Waals surface area (Å²) in [5.41, 5.74) is 7.72. The molecule has 0 aliphatic heterocycles. The lowest BCUT2D eigenvalue weighted by Gasteiger charge is -2.09. The molecule has 0 saturated carbocycles. The predicted octanol–water partition coefficient (Wildman–Crippen LogP) is 2.24. The molecule has 4 heteroatoms. The van der Waals surface area contributed by atoms with Gasteiger partial charge in [-0.25, -0.2) is 4.79 Å². The smallest absolute Gasteiger partial charge is 0.324 e. The average molecular weight is 245 g/mol. The quantitative estimate of drug-likeness (QED) is 0.901. The molecule has 1 aromatic heterocycles. The van der Waals surface area contributed by atoms with Crippen LogP contribution in [0.25, 0.3) is 5.69 Å². The monoisotopic (exact) mass is 245 g/mol. The number of rotatable bonds is 3. The highest BCUT2D eigenvalue weighted by Crippen LogP contribution is 2.14. The molecule has 0 aliphatic carbocycles. The minimum Gasteiger partial charge on any atom is -0.324 e. The topological polar surface area (TPSA) is 52.9 Å². The standard InChI is InChI=1S/C14H19N3O/c1-10(2)16-7-8-17(14(16)18)13-6-4-5-12(9-13)11(3)15/h4-11H,15H2,1-3H3. The lowest BCUT2D eigenvalue weighted by atomic mass is 10.1. The molecular formula is C14H19N3O. The first-order valence-electron chi connectivity index (χ1n) is 6.16. The van der Waals surface area contributed by atoms with Crippen LogP contribution in [0.4, 0.5) is 0 Å². The van der Waals surface area contributed by atoms with Crippen molar-refractivity contribution in [3.8, 4) is 5.69 Å². The van der Waals surface area contributed by atoms with Gasteiger partial charge in [-0.3, -0.25) is 9.13 Å². The molecule has 96 valence electrons. The van der Waals surface area contributed by atoms with Crippen LogP contribution in [0.2, 0.25) is 0 Å². The Morgan fingerprint density at radius 3 is 2.44 bits per heavy atom. The van der Waals surface area contributed by atoms with Gasteiger partial charge in [-0.15, -0.1) is 0 Å². The van der Waals surface area contributed by atoms with Crippen LogP contribution in [0.15, 0.2) is 41.5 Å². The lowest BCUT2D eigenvalue weighted by molar-refractivity contribution is 0.574. The van der Waals surface area contributed by atoms with Crippen molar-refractivity contribution in [1.29, 1.82) is 0 Å². The Morgan fingerprint density at radius 1 is 1.17 bits per heavy atom. The van der Waals surface area contributed by atoms with Gasteiger partial charge in [-0.1, -0.05) is 12.1 Å². The number of hydrogen-bond donors (Lipinski definition) is 1. The SMILES string of the molecule is CC(N)c1cccc(-n2ccn(C(C)C)c2=O)c1. The zero-order valence-electron chi connectivity index (χ0n) is 11.0. The van der Waals surface area contributed by atoms with E-state index in [9.17, 15) is 4.79 Å². The van der Waals surface area contributed by atoms with Gasteiger partial charge in [-0.2, -0.15) is 0 Å². The fourth-order valence-electron chi connectivity index (χ4n) is 1.94. The maximum atomic E-state index is 12.2. The number of aromatic nitrogens is 2. The zero-order chi connectivity index (χ0) is 13.3. The molecule has 0 saturated heterocycles. The van der Waals surface area contributed by atoms with Gasteiger partial charge >= 0.3 is 5.69 Å². The van der Waals surface area contributed by atoms with Crippen LogP contribution in [0, 0.1) is 0 Å². The summed E-state index contributed by atoms with van der Waals surface area (Å²) in [5.74, 6) is 0. The lowest BCUT2D eigenvalue weighted by Crippen LogP contribution is -2.24. The summed E-state index contributed by atoms with van der Waals surface area (Å²) in [5, 5.41) is 0. The fourth-order valence-corrected chi connectivity index (χ4v) is 1.94. The molecule has 0 bridgehead atoms. The van der Waals surface area contributed by atoms with Crippen molar-refractivity contribution in [1.82, 2.24) is 9.13 Å². The van der Waals surface area contributed by atoms with Crippen molar-refractivity contribution >= 4 is 0 Å². The number of nitrogens with two attached hydrogens (primary N) is 1. The van der Waals surface area contributed by atoms with E-state index in [1.54, 1.807) is 15.3 Å². The van der Waals surface area contributed by atoms with Crippen LogP contribution in [-0.2, 0) is 0 Å². The van der Waals surface area contributed by atoms with Crippen molar-refractivity contribution in [3.63, 3.8) is 0 Å². The molecule has 0 radical (unpaired) electrons. The molecule has 1 aromatic carbocycles. The third kappa shape index (κ3) is 2.24. The molecular weight excluding hydrogens is 226 g/mol. The highest BCUT2D eigenvalue weighted by molar-refractivity contribution is 5.37. The summed E-state index contributed by atoms with van der Waals surface area (Å²) in [6.07, 6.45) is 3.61. The van der Waals surface area contributed by atoms with E-state index in [2.05, 4.69) is 0 Å². The van der Waals surface area contributed by atoms with Crippen molar-refractivity contribution in [2.75, 3.05) is 0 Å². The number of imidazole rings is 1. The molecule has 1 unspecified atom stereocenters. The first-order valence-corrected chi connectivity index (χ1v) is 6.16. The van der Waals surface area contributed by atoms with Gasteiger partial charge in [0, 0.05) is 24.5 Å². The van der Waals surface area contributed by atoms with E-state index < -0.39 is 0 Å². The first-order chi connectivity index (χ1) is 8.50. The van der Waals surface area contributed by atoms with Crippen LogP contribution in [0.5, 0.6) is 0 Å². The van der Waals surface area contributed by atoms with Crippen LogP contribution in [-0.4, -0.2) is 9.13 Å². The second-order valence-corrected chi connectivity index (χ2v) is 4.84. The van der Waals surface area contributed by atoms with E-state index >= 15 is 0 Å². The van der Waals surface area contributed by atoms with E-state index in [0.717, 1.165) is 11.3 Å². The van der Waals surface area contributed by atoms with Crippen molar-refractivity contribution in [3.05, 3.63) is 52.7 Å². The van der Waals surface area contributed by atoms with Gasteiger partial charge in [0.25, 0.3) is 0 Å². The van der Waals surface area contributed by atoms with Crippen LogP contribution in [0.1, 0.15) is 38.4 Å². The molecule has 18 heavy (non-hydrogen) atoms. The maximum Gasteiger partial charge on any atom is 0.332 e. The molecule has 4 nitrogen and oxygen atoms in total. The Morgan fingerprint density at radius 2 is 1.89 bits per heavy atom. The van der Waals surface area contributed by atoms with Crippen molar-refractivity contribution in [2.45, 2.75) is 32.9 Å². The first kappa shape index (κ1) is 12.6. The molecule has 1 atom stereocenters. The summed E-state index contributed by atoms with van der Waals surface area (Å²) < 4.78 is 3.35. The summed E-state index contributed by atoms with van der Waals surface area (Å²) in [7, 11) is 0. The molecule has 0 fully saturated rings. The minimum absolute atomic E-state index is 0.0215. The zero-order valence-corrected chi connectivity index (χ0v) is 11.0. The highest BCUT2D eigenvalue weighted by Gasteiger charge is 2.08. The van der Waals surface area contributed by atoms with Crippen molar-refractivity contribution in [2.24, 2.45) is 5.73 Å². The minimum atomic E-state index is -0.0344. The molecule has 2 N–H and O–H groups in total. The Kier molecular flexibility index (Phi) is 3.39. The summed E-state index contributed by atoms with van der Waals surface area (Å²) in [6.45, 7) is 5.91. The average Bonchev–Trinajstić information content (AvgIpc) is 2.71. The summed E-state index contributed by atoms with van der Waals surface area (Å²) in [4.78, 5) is 12.2. The van der Waals surface area contributed by atoms with Gasteiger partial charge in [-0.05, 0) is 38.5 Å². The molecule has 0 spiro atoms. The van der Waals surface area contributed by atoms with E-state index in [1.165, 1.54) is 0 Å². The Bertz CT molecular complexity index is 593.